The Balaban J connectivity index is 2.70. The molecule has 6 heteroatoms. The molecule has 1 aliphatic heterocycles. The molecule has 1 rings (SSSR count). The van der Waals surface area contributed by atoms with E-state index in [1.807, 2.05) is 0 Å². The summed E-state index contributed by atoms with van der Waals surface area (Å²) >= 11 is 0. The van der Waals surface area contributed by atoms with Gasteiger partial charge in [0.05, 0.1) is 0 Å². The standard InChI is InChI=1S/C11H18N2O4/c1-7(12-8(2)14)10(15)13-6-4-3-5-9(13)11(16)17/h7,9H,3-6H2,1-2H3,(H,12,14)(H,16,17)/t7?,9-/m1/s1. The summed E-state index contributed by atoms with van der Waals surface area (Å²) in [7, 11) is 0. The molecule has 1 unspecified atom stereocenters. The van der Waals surface area contributed by atoms with E-state index in [4.69, 9.17) is 5.11 Å². The fourth-order valence-electron chi connectivity index (χ4n) is 2.07. The maximum absolute atomic E-state index is 12.0. The molecule has 17 heavy (non-hydrogen) atoms. The fourth-order valence-corrected chi connectivity index (χ4v) is 2.07. The van der Waals surface area contributed by atoms with Gasteiger partial charge in [0, 0.05) is 13.5 Å². The fraction of sp³-hybridized carbons (Fsp3) is 0.727. The zero-order valence-electron chi connectivity index (χ0n) is 10.1. The van der Waals surface area contributed by atoms with Crippen LogP contribution >= 0.6 is 0 Å². The lowest BCUT2D eigenvalue weighted by Gasteiger charge is -2.34. The van der Waals surface area contributed by atoms with Gasteiger partial charge in [-0.25, -0.2) is 4.79 Å². The van der Waals surface area contributed by atoms with Crippen LogP contribution < -0.4 is 5.32 Å². The number of carboxylic acids is 1. The van der Waals surface area contributed by atoms with Gasteiger partial charge in [0.25, 0.3) is 0 Å². The van der Waals surface area contributed by atoms with Gasteiger partial charge >= 0.3 is 5.97 Å². The van der Waals surface area contributed by atoms with E-state index in [0.717, 1.165) is 12.8 Å². The second kappa shape index (κ2) is 5.65. The van der Waals surface area contributed by atoms with Gasteiger partial charge in [0.2, 0.25) is 11.8 Å². The Morgan fingerprint density at radius 1 is 1.35 bits per heavy atom. The molecule has 0 aliphatic carbocycles. The molecule has 0 radical (unpaired) electrons. The minimum Gasteiger partial charge on any atom is -0.480 e. The number of nitrogens with zero attached hydrogens (tertiary/aromatic N) is 1. The Morgan fingerprint density at radius 2 is 2.00 bits per heavy atom. The number of aliphatic carboxylic acids is 1. The molecule has 0 aromatic rings. The highest BCUT2D eigenvalue weighted by Crippen LogP contribution is 2.18. The van der Waals surface area contributed by atoms with Crippen molar-refractivity contribution in [1.82, 2.24) is 10.2 Å². The van der Waals surface area contributed by atoms with Crippen molar-refractivity contribution in [2.45, 2.75) is 45.2 Å². The van der Waals surface area contributed by atoms with Crippen LogP contribution in [0.2, 0.25) is 0 Å². The van der Waals surface area contributed by atoms with Crippen molar-refractivity contribution in [2.75, 3.05) is 6.54 Å². The van der Waals surface area contributed by atoms with Crippen LogP contribution in [0.25, 0.3) is 0 Å². The van der Waals surface area contributed by atoms with Crippen molar-refractivity contribution in [3.63, 3.8) is 0 Å². The van der Waals surface area contributed by atoms with Crippen LogP contribution in [0.5, 0.6) is 0 Å². The first kappa shape index (κ1) is 13.5. The summed E-state index contributed by atoms with van der Waals surface area (Å²) in [4.78, 5) is 35.2. The summed E-state index contributed by atoms with van der Waals surface area (Å²) in [6.07, 6.45) is 2.10. The monoisotopic (exact) mass is 242 g/mol. The van der Waals surface area contributed by atoms with E-state index in [1.165, 1.54) is 11.8 Å². The lowest BCUT2D eigenvalue weighted by Crippen LogP contribution is -2.54. The normalized spacial score (nSPS) is 21.8. The third kappa shape index (κ3) is 3.44. The molecular weight excluding hydrogens is 224 g/mol. The highest BCUT2D eigenvalue weighted by atomic mass is 16.4. The number of carboxylic acid groups (broad SMARTS) is 1. The molecular formula is C11H18N2O4. The minimum absolute atomic E-state index is 0.297. The summed E-state index contributed by atoms with van der Waals surface area (Å²) in [5, 5.41) is 11.5. The molecule has 0 spiro atoms. The van der Waals surface area contributed by atoms with Gasteiger partial charge in [-0.15, -0.1) is 0 Å². The number of likely N-dealkylation sites (tertiary alicyclic amines) is 1. The number of rotatable bonds is 3. The van der Waals surface area contributed by atoms with E-state index in [-0.39, 0.29) is 11.8 Å². The van der Waals surface area contributed by atoms with Crippen LogP contribution in [-0.4, -0.2) is 46.4 Å². The summed E-state index contributed by atoms with van der Waals surface area (Å²) in [5.41, 5.74) is 0. The van der Waals surface area contributed by atoms with Crippen molar-refractivity contribution in [3.05, 3.63) is 0 Å². The van der Waals surface area contributed by atoms with Gasteiger partial charge in [-0.05, 0) is 26.2 Å². The molecule has 1 fully saturated rings. The third-order valence-corrected chi connectivity index (χ3v) is 2.86. The van der Waals surface area contributed by atoms with Gasteiger partial charge in [-0.3, -0.25) is 9.59 Å². The minimum atomic E-state index is -0.979. The van der Waals surface area contributed by atoms with Crippen LogP contribution in [0.3, 0.4) is 0 Å². The Morgan fingerprint density at radius 3 is 2.53 bits per heavy atom. The molecule has 2 atom stereocenters. The van der Waals surface area contributed by atoms with E-state index in [9.17, 15) is 14.4 Å². The molecule has 1 heterocycles. The number of amides is 2. The maximum atomic E-state index is 12.0. The summed E-state index contributed by atoms with van der Waals surface area (Å²) < 4.78 is 0. The van der Waals surface area contributed by atoms with Crippen molar-refractivity contribution in [2.24, 2.45) is 0 Å². The SMILES string of the molecule is CC(=O)NC(C)C(=O)N1CCCC[C@@H]1C(=O)O. The second-order valence-corrected chi connectivity index (χ2v) is 4.30. The van der Waals surface area contributed by atoms with E-state index in [1.54, 1.807) is 6.92 Å². The number of nitrogens with one attached hydrogen (secondary N) is 1. The highest BCUT2D eigenvalue weighted by Gasteiger charge is 2.34. The molecule has 0 aromatic heterocycles. The molecule has 1 saturated heterocycles. The van der Waals surface area contributed by atoms with Gasteiger partial charge in [-0.2, -0.15) is 0 Å². The van der Waals surface area contributed by atoms with E-state index < -0.39 is 18.1 Å². The topological polar surface area (TPSA) is 86.7 Å². The van der Waals surface area contributed by atoms with Crippen LogP contribution in [0.15, 0.2) is 0 Å². The number of carbonyl (C=O) groups is 3. The molecule has 1 aliphatic rings. The zero-order valence-corrected chi connectivity index (χ0v) is 10.1. The second-order valence-electron chi connectivity index (χ2n) is 4.30. The van der Waals surface area contributed by atoms with E-state index in [2.05, 4.69) is 5.32 Å². The number of carbonyl (C=O) groups excluding carboxylic acids is 2. The molecule has 6 nitrogen and oxygen atoms in total. The Bertz CT molecular complexity index is 329. The third-order valence-electron chi connectivity index (χ3n) is 2.86. The van der Waals surface area contributed by atoms with Gasteiger partial charge in [-0.1, -0.05) is 0 Å². The van der Waals surface area contributed by atoms with Crippen molar-refractivity contribution in [3.8, 4) is 0 Å². The molecule has 0 saturated carbocycles. The first-order valence-corrected chi connectivity index (χ1v) is 5.74. The molecule has 0 bridgehead atoms. The number of hydrogen-bond donors (Lipinski definition) is 2. The smallest absolute Gasteiger partial charge is 0.326 e. The Hall–Kier alpha value is -1.59. The lowest BCUT2D eigenvalue weighted by atomic mass is 10.0. The first-order chi connectivity index (χ1) is 7.93. The Kier molecular flexibility index (Phi) is 4.48. The van der Waals surface area contributed by atoms with Crippen molar-refractivity contribution in [1.29, 1.82) is 0 Å². The average molecular weight is 242 g/mol. The Labute approximate surface area is 100.0 Å². The number of hydrogen-bond acceptors (Lipinski definition) is 3. The van der Waals surface area contributed by atoms with Gasteiger partial charge < -0.3 is 15.3 Å². The van der Waals surface area contributed by atoms with Crippen LogP contribution in [-0.2, 0) is 14.4 Å². The van der Waals surface area contributed by atoms with Crippen LogP contribution in [0, 0.1) is 0 Å². The summed E-state index contributed by atoms with van der Waals surface area (Å²) in [6.45, 7) is 3.34. The van der Waals surface area contributed by atoms with E-state index in [0.29, 0.717) is 13.0 Å². The predicted molar refractivity (Wildman–Crippen MR) is 60.3 cm³/mol. The quantitative estimate of drug-likeness (QED) is 0.728. The van der Waals surface area contributed by atoms with Crippen LogP contribution in [0.1, 0.15) is 33.1 Å². The van der Waals surface area contributed by atoms with Gasteiger partial charge in [0.15, 0.2) is 0 Å². The summed E-state index contributed by atoms with van der Waals surface area (Å²) in [5.74, 6) is -1.60. The maximum Gasteiger partial charge on any atom is 0.326 e. The average Bonchev–Trinajstić information content (AvgIpc) is 2.27. The lowest BCUT2D eigenvalue weighted by molar-refractivity contribution is -0.153. The largest absolute Gasteiger partial charge is 0.480 e. The molecule has 96 valence electrons. The molecule has 2 amide bonds. The zero-order chi connectivity index (χ0) is 13.0. The molecule has 2 N–H and O–H groups in total. The predicted octanol–water partition coefficient (Wildman–Crippen LogP) is -0.0233. The van der Waals surface area contributed by atoms with Gasteiger partial charge in [0.1, 0.15) is 12.1 Å². The van der Waals surface area contributed by atoms with Crippen LogP contribution in [0.4, 0.5) is 0 Å². The molecule has 0 aromatic carbocycles. The summed E-state index contributed by atoms with van der Waals surface area (Å²) in [6, 6.07) is -1.43. The van der Waals surface area contributed by atoms with Crippen molar-refractivity contribution < 1.29 is 19.5 Å². The first-order valence-electron chi connectivity index (χ1n) is 5.74. The van der Waals surface area contributed by atoms with Crippen molar-refractivity contribution >= 4 is 17.8 Å². The number of piperidine rings is 1. The van der Waals surface area contributed by atoms with E-state index >= 15 is 0 Å². The highest BCUT2D eigenvalue weighted by molar-refractivity contribution is 5.89.